The zero-order valence-corrected chi connectivity index (χ0v) is 17.7. The first-order valence-electron chi connectivity index (χ1n) is 10.0. The van der Waals surface area contributed by atoms with Crippen LogP contribution in [0.2, 0.25) is 0 Å². The highest BCUT2D eigenvalue weighted by Gasteiger charge is 2.13. The number of benzene rings is 2. The maximum absolute atomic E-state index is 11.4. The van der Waals surface area contributed by atoms with Crippen LogP contribution in [-0.2, 0) is 4.79 Å². The van der Waals surface area contributed by atoms with Gasteiger partial charge in [-0.25, -0.2) is 0 Å². The molecule has 0 aromatic heterocycles. The fourth-order valence-electron chi connectivity index (χ4n) is 2.82. The fraction of sp³-hybridized carbons (Fsp3) is 0.333. The van der Waals surface area contributed by atoms with Crippen LogP contribution >= 0.6 is 0 Å². The molecule has 0 radical (unpaired) electrons. The summed E-state index contributed by atoms with van der Waals surface area (Å²) in [6.07, 6.45) is 7.01. The van der Waals surface area contributed by atoms with Gasteiger partial charge in [0.1, 0.15) is 0 Å². The monoisotopic (exact) mass is 392 g/mol. The van der Waals surface area contributed by atoms with Crippen LogP contribution in [0.25, 0.3) is 16.8 Å². The summed E-state index contributed by atoms with van der Waals surface area (Å²) in [7, 11) is 0. The Kier molecular flexibility index (Phi) is 10.0. The minimum atomic E-state index is -0.311. The predicted octanol–water partition coefficient (Wildman–Crippen LogP) is 4.96. The van der Waals surface area contributed by atoms with Crippen LogP contribution < -0.4 is 17.2 Å². The molecule has 0 aliphatic heterocycles. The van der Waals surface area contributed by atoms with Gasteiger partial charge in [-0.05, 0) is 17.7 Å². The van der Waals surface area contributed by atoms with Crippen molar-refractivity contribution in [2.24, 2.45) is 11.5 Å². The summed E-state index contributed by atoms with van der Waals surface area (Å²) in [6.45, 7) is 5.84. The molecule has 0 bridgehead atoms. The largest absolute Gasteiger partial charge is 0.398 e. The maximum atomic E-state index is 11.4. The van der Waals surface area contributed by atoms with Crippen molar-refractivity contribution in [1.82, 2.24) is 0 Å². The Morgan fingerprint density at radius 3 is 2.17 bits per heavy atom. The van der Waals surface area contributed by atoms with Crippen molar-refractivity contribution in [3.63, 3.8) is 0 Å². The van der Waals surface area contributed by atoms with Crippen LogP contribution in [0.15, 0.2) is 48.2 Å². The number of anilines is 1. The molecule has 5 nitrogen and oxygen atoms in total. The second kappa shape index (κ2) is 12.2. The maximum Gasteiger partial charge on any atom is 0.177 e. The molecule has 0 saturated carbocycles. The highest BCUT2D eigenvalue weighted by molar-refractivity contribution is 6.01. The van der Waals surface area contributed by atoms with E-state index in [1.807, 2.05) is 12.1 Å². The van der Waals surface area contributed by atoms with Gasteiger partial charge in [-0.15, -0.1) is 0 Å². The van der Waals surface area contributed by atoms with Gasteiger partial charge in [-0.3, -0.25) is 4.79 Å². The minimum Gasteiger partial charge on any atom is -0.398 e. The van der Waals surface area contributed by atoms with Gasteiger partial charge in [-0.2, -0.15) is 5.26 Å². The summed E-state index contributed by atoms with van der Waals surface area (Å²) in [6, 6.07) is 14.5. The van der Waals surface area contributed by atoms with Crippen LogP contribution in [0.3, 0.4) is 0 Å². The quantitative estimate of drug-likeness (QED) is 0.349. The zero-order chi connectivity index (χ0) is 21.8. The number of rotatable bonds is 7. The van der Waals surface area contributed by atoms with E-state index in [1.54, 1.807) is 30.3 Å². The van der Waals surface area contributed by atoms with E-state index in [-0.39, 0.29) is 17.2 Å². The van der Waals surface area contributed by atoms with Crippen LogP contribution in [0, 0.1) is 11.3 Å². The zero-order valence-electron chi connectivity index (χ0n) is 17.7. The number of ketones is 1. The average molecular weight is 393 g/mol. The second-order valence-corrected chi connectivity index (χ2v) is 6.90. The molecule has 5 heteroatoms. The Morgan fingerprint density at radius 1 is 1.00 bits per heavy atom. The van der Waals surface area contributed by atoms with Crippen molar-refractivity contribution in [2.45, 2.75) is 52.9 Å². The van der Waals surface area contributed by atoms with Crippen LogP contribution in [0.5, 0.6) is 0 Å². The Hall–Kier alpha value is -3.26. The molecular weight excluding hydrogens is 360 g/mol. The van der Waals surface area contributed by atoms with E-state index in [0.29, 0.717) is 16.8 Å². The number of allylic oxidation sites excluding steroid dienone is 1. The van der Waals surface area contributed by atoms with Gasteiger partial charge in [0, 0.05) is 23.7 Å². The SMILES string of the molecule is CC(=O)/C(N)=C(\N)c1cccc(-c2cccc(C#N)c2)c1N.CCCCCCC. The minimum absolute atomic E-state index is 0.0189. The predicted molar refractivity (Wildman–Crippen MR) is 121 cm³/mol. The number of nitrogen functional groups attached to an aromatic ring is 1. The highest BCUT2D eigenvalue weighted by Crippen LogP contribution is 2.31. The van der Waals surface area contributed by atoms with Crippen LogP contribution in [0.4, 0.5) is 5.69 Å². The lowest BCUT2D eigenvalue weighted by Crippen LogP contribution is -2.16. The van der Waals surface area contributed by atoms with Gasteiger partial charge >= 0.3 is 0 Å². The van der Waals surface area contributed by atoms with E-state index in [0.717, 1.165) is 11.1 Å². The first-order chi connectivity index (χ1) is 13.9. The molecule has 29 heavy (non-hydrogen) atoms. The molecule has 2 aromatic rings. The standard InChI is InChI=1S/C17H16N4O.C7H16/c1-10(22)15(19)17(21)14-7-3-6-13(16(14)20)12-5-2-4-11(8-12)9-18;1-3-5-7-6-4-2/h2-8H,19-21H2,1H3;3-7H2,1-2H3/b17-15+;. The van der Waals surface area contributed by atoms with Crippen LogP contribution in [-0.4, -0.2) is 5.78 Å². The lowest BCUT2D eigenvalue weighted by molar-refractivity contribution is -0.113. The summed E-state index contributed by atoms with van der Waals surface area (Å²) in [5, 5.41) is 8.99. The molecule has 2 aromatic carbocycles. The Bertz CT molecular complexity index is 890. The van der Waals surface area contributed by atoms with Crippen molar-refractivity contribution in [2.75, 3.05) is 5.73 Å². The lowest BCUT2D eigenvalue weighted by Gasteiger charge is -2.13. The smallest absolute Gasteiger partial charge is 0.177 e. The van der Waals surface area contributed by atoms with Crippen molar-refractivity contribution in [1.29, 1.82) is 5.26 Å². The van der Waals surface area contributed by atoms with E-state index in [2.05, 4.69) is 19.9 Å². The van der Waals surface area contributed by atoms with Gasteiger partial charge in [0.15, 0.2) is 5.78 Å². The Labute approximate surface area is 174 Å². The third-order valence-electron chi connectivity index (χ3n) is 4.58. The van der Waals surface area contributed by atoms with Crippen molar-refractivity contribution < 1.29 is 4.79 Å². The number of hydrogen-bond donors (Lipinski definition) is 3. The fourth-order valence-corrected chi connectivity index (χ4v) is 2.82. The molecule has 6 N–H and O–H groups in total. The number of nitrogens with two attached hydrogens (primary N) is 3. The number of para-hydroxylation sites is 1. The number of Topliss-reactive ketones (excluding diaryl/α,β-unsaturated/α-hetero) is 1. The number of nitriles is 1. The third kappa shape index (κ3) is 7.00. The third-order valence-corrected chi connectivity index (χ3v) is 4.58. The number of carbonyl (C=O) groups excluding carboxylic acids is 1. The topological polar surface area (TPSA) is 119 Å². The van der Waals surface area contributed by atoms with Gasteiger partial charge in [-0.1, -0.05) is 76.3 Å². The summed E-state index contributed by atoms with van der Waals surface area (Å²) in [5.74, 6) is -0.311. The Morgan fingerprint density at radius 2 is 1.62 bits per heavy atom. The van der Waals surface area contributed by atoms with Gasteiger partial charge in [0.2, 0.25) is 0 Å². The van der Waals surface area contributed by atoms with Gasteiger partial charge in [0.05, 0.1) is 23.0 Å². The van der Waals surface area contributed by atoms with Gasteiger partial charge < -0.3 is 17.2 Å². The molecule has 0 fully saturated rings. The summed E-state index contributed by atoms with van der Waals surface area (Å²) in [4.78, 5) is 11.4. The molecule has 0 spiro atoms. The van der Waals surface area contributed by atoms with E-state index in [9.17, 15) is 4.79 Å². The molecule has 0 unspecified atom stereocenters. The number of carbonyl (C=O) groups is 1. The summed E-state index contributed by atoms with van der Waals surface area (Å²) >= 11 is 0. The van der Waals surface area contributed by atoms with Crippen LogP contribution in [0.1, 0.15) is 64.0 Å². The number of unbranched alkanes of at least 4 members (excludes halogenated alkanes) is 4. The summed E-state index contributed by atoms with van der Waals surface area (Å²) in [5.41, 5.74) is 21.0. The lowest BCUT2D eigenvalue weighted by atomic mass is 9.97. The molecule has 0 aliphatic carbocycles. The average Bonchev–Trinajstić information content (AvgIpc) is 2.73. The highest BCUT2D eigenvalue weighted by atomic mass is 16.1. The van der Waals surface area contributed by atoms with Crippen molar-refractivity contribution in [3.05, 3.63) is 59.3 Å². The summed E-state index contributed by atoms with van der Waals surface area (Å²) < 4.78 is 0. The molecule has 0 atom stereocenters. The molecule has 0 heterocycles. The van der Waals surface area contributed by atoms with E-state index >= 15 is 0 Å². The van der Waals surface area contributed by atoms with E-state index < -0.39 is 0 Å². The molecule has 154 valence electrons. The molecular formula is C24H32N4O. The number of hydrogen-bond acceptors (Lipinski definition) is 5. The molecule has 0 aliphatic rings. The van der Waals surface area contributed by atoms with Crippen molar-refractivity contribution >= 4 is 17.2 Å². The number of nitrogens with zero attached hydrogens (tertiary/aromatic N) is 1. The molecule has 0 saturated heterocycles. The van der Waals surface area contributed by atoms with E-state index in [4.69, 9.17) is 22.5 Å². The van der Waals surface area contributed by atoms with Gasteiger partial charge in [0.25, 0.3) is 0 Å². The van der Waals surface area contributed by atoms with E-state index in [1.165, 1.54) is 39.0 Å². The first-order valence-corrected chi connectivity index (χ1v) is 10.0. The molecule has 0 amide bonds. The van der Waals surface area contributed by atoms with Crippen molar-refractivity contribution in [3.8, 4) is 17.2 Å². The Balaban J connectivity index is 0.000000516. The molecule has 2 rings (SSSR count). The normalized spacial score (nSPS) is 11.0. The second-order valence-electron chi connectivity index (χ2n) is 6.90. The first kappa shape index (κ1) is 23.8.